The normalized spacial score (nSPS) is 31.6. The first kappa shape index (κ1) is 11.6. The van der Waals surface area contributed by atoms with E-state index < -0.39 is 0 Å². The molecule has 0 aromatic heterocycles. The lowest BCUT2D eigenvalue weighted by Gasteiger charge is -2.39. The summed E-state index contributed by atoms with van der Waals surface area (Å²) in [6.07, 6.45) is 0. The molecule has 2 N–H and O–H groups in total. The van der Waals surface area contributed by atoms with Gasteiger partial charge in [0, 0.05) is 25.7 Å². The first-order chi connectivity index (χ1) is 7.66. The van der Waals surface area contributed by atoms with Crippen LogP contribution in [0.2, 0.25) is 0 Å². The summed E-state index contributed by atoms with van der Waals surface area (Å²) in [5, 5.41) is 0. The van der Waals surface area contributed by atoms with E-state index in [1.54, 1.807) is 0 Å². The summed E-state index contributed by atoms with van der Waals surface area (Å²) in [7, 11) is 0. The van der Waals surface area contributed by atoms with Crippen LogP contribution in [0.5, 0.6) is 0 Å². The van der Waals surface area contributed by atoms with Gasteiger partial charge in [-0.15, -0.1) is 0 Å². The monoisotopic (exact) mass is 218 g/mol. The number of nitrogens with two attached hydrogens (primary N) is 1. The molecule has 1 aliphatic rings. The lowest BCUT2D eigenvalue weighted by atomic mass is 9.85. The fourth-order valence-electron chi connectivity index (χ4n) is 2.51. The molecule has 2 nitrogen and oxygen atoms in total. The van der Waals surface area contributed by atoms with E-state index in [2.05, 4.69) is 49.1 Å². The van der Waals surface area contributed by atoms with Gasteiger partial charge in [-0.25, -0.2) is 0 Å². The Morgan fingerprint density at radius 1 is 1.19 bits per heavy atom. The highest BCUT2D eigenvalue weighted by Gasteiger charge is 2.28. The van der Waals surface area contributed by atoms with E-state index in [9.17, 15) is 0 Å². The van der Waals surface area contributed by atoms with E-state index in [-0.39, 0.29) is 0 Å². The lowest BCUT2D eigenvalue weighted by Crippen LogP contribution is -2.51. The van der Waals surface area contributed by atoms with Crippen molar-refractivity contribution in [1.29, 1.82) is 0 Å². The maximum Gasteiger partial charge on any atom is 0.0234 e. The van der Waals surface area contributed by atoms with Crippen LogP contribution in [0.1, 0.15) is 19.4 Å². The second-order valence-electron chi connectivity index (χ2n) is 5.18. The van der Waals surface area contributed by atoms with Crippen molar-refractivity contribution in [2.24, 2.45) is 17.6 Å². The van der Waals surface area contributed by atoms with Crippen LogP contribution in [-0.4, -0.2) is 24.0 Å². The minimum Gasteiger partial charge on any atom is -0.326 e. The van der Waals surface area contributed by atoms with E-state index in [1.807, 2.05) is 0 Å². The molecule has 2 heteroatoms. The lowest BCUT2D eigenvalue weighted by molar-refractivity contribution is 0.111. The van der Waals surface area contributed by atoms with Crippen molar-refractivity contribution in [3.05, 3.63) is 35.9 Å². The second-order valence-corrected chi connectivity index (χ2v) is 5.18. The molecule has 88 valence electrons. The third-order valence-electron chi connectivity index (χ3n) is 3.84. The van der Waals surface area contributed by atoms with Crippen LogP contribution in [0, 0.1) is 11.8 Å². The molecule has 0 radical (unpaired) electrons. The summed E-state index contributed by atoms with van der Waals surface area (Å²) in [5.74, 6) is 1.35. The molecule has 0 bridgehead atoms. The van der Waals surface area contributed by atoms with Crippen molar-refractivity contribution in [2.75, 3.05) is 13.1 Å². The number of nitrogens with zero attached hydrogens (tertiary/aromatic N) is 1. The van der Waals surface area contributed by atoms with Crippen molar-refractivity contribution in [3.8, 4) is 0 Å². The average Bonchev–Trinajstić information content (AvgIpc) is 2.27. The highest BCUT2D eigenvalue weighted by atomic mass is 15.1. The summed E-state index contributed by atoms with van der Waals surface area (Å²) in [4.78, 5) is 2.48. The Morgan fingerprint density at radius 2 is 1.88 bits per heavy atom. The number of hydrogen-bond acceptors (Lipinski definition) is 2. The van der Waals surface area contributed by atoms with E-state index in [0.29, 0.717) is 17.9 Å². The molecule has 0 amide bonds. The predicted molar refractivity (Wildman–Crippen MR) is 68.0 cm³/mol. The van der Waals surface area contributed by atoms with Gasteiger partial charge in [-0.05, 0) is 17.4 Å². The van der Waals surface area contributed by atoms with E-state index >= 15 is 0 Å². The van der Waals surface area contributed by atoms with Crippen molar-refractivity contribution in [1.82, 2.24) is 4.90 Å². The van der Waals surface area contributed by atoms with Gasteiger partial charge in [0.25, 0.3) is 0 Å². The van der Waals surface area contributed by atoms with Crippen LogP contribution in [0.25, 0.3) is 0 Å². The van der Waals surface area contributed by atoms with Crippen molar-refractivity contribution in [3.63, 3.8) is 0 Å². The third kappa shape index (κ3) is 2.63. The minimum atomic E-state index is 0.326. The van der Waals surface area contributed by atoms with Crippen LogP contribution in [0.4, 0.5) is 0 Å². The van der Waals surface area contributed by atoms with Crippen LogP contribution in [0.3, 0.4) is 0 Å². The Labute approximate surface area is 98.4 Å². The Hall–Kier alpha value is -0.860. The van der Waals surface area contributed by atoms with Gasteiger partial charge >= 0.3 is 0 Å². The molecule has 0 saturated carbocycles. The molecule has 1 aromatic rings. The number of likely N-dealkylation sites (tertiary alicyclic amines) is 1. The number of hydrogen-bond donors (Lipinski definition) is 1. The molecule has 16 heavy (non-hydrogen) atoms. The first-order valence-electron chi connectivity index (χ1n) is 6.18. The summed E-state index contributed by atoms with van der Waals surface area (Å²) in [6, 6.07) is 11.0. The van der Waals surface area contributed by atoms with Crippen LogP contribution in [0.15, 0.2) is 30.3 Å². The topological polar surface area (TPSA) is 29.3 Å². The molecule has 1 aromatic carbocycles. The van der Waals surface area contributed by atoms with Crippen molar-refractivity contribution < 1.29 is 0 Å². The second kappa shape index (κ2) is 4.98. The summed E-state index contributed by atoms with van der Waals surface area (Å²) in [6.45, 7) is 7.81. The van der Waals surface area contributed by atoms with Gasteiger partial charge in [-0.2, -0.15) is 0 Å². The van der Waals surface area contributed by atoms with Crippen LogP contribution >= 0.6 is 0 Å². The van der Waals surface area contributed by atoms with E-state index in [1.165, 1.54) is 12.1 Å². The zero-order chi connectivity index (χ0) is 11.5. The molecule has 1 saturated heterocycles. The van der Waals surface area contributed by atoms with Gasteiger partial charge in [0.2, 0.25) is 0 Å². The first-order valence-corrected chi connectivity index (χ1v) is 6.18. The maximum atomic E-state index is 6.17. The van der Waals surface area contributed by atoms with E-state index in [0.717, 1.165) is 13.1 Å². The van der Waals surface area contributed by atoms with Crippen LogP contribution < -0.4 is 5.73 Å². The quantitative estimate of drug-likeness (QED) is 0.823. The fourth-order valence-corrected chi connectivity index (χ4v) is 2.51. The van der Waals surface area contributed by atoms with Gasteiger partial charge in [0.15, 0.2) is 0 Å². The molecule has 1 heterocycles. The van der Waals surface area contributed by atoms with Crippen molar-refractivity contribution >= 4 is 0 Å². The third-order valence-corrected chi connectivity index (χ3v) is 3.84. The molecule has 3 atom stereocenters. The molecule has 0 aliphatic carbocycles. The highest BCUT2D eigenvalue weighted by molar-refractivity contribution is 5.14. The van der Waals surface area contributed by atoms with E-state index in [4.69, 9.17) is 5.73 Å². The van der Waals surface area contributed by atoms with Gasteiger partial charge in [0.05, 0.1) is 0 Å². The van der Waals surface area contributed by atoms with Gasteiger partial charge in [0.1, 0.15) is 0 Å². The molecule has 1 fully saturated rings. The Bertz CT molecular complexity index is 311. The Kier molecular flexibility index (Phi) is 3.62. The zero-order valence-electron chi connectivity index (χ0n) is 10.3. The molecular formula is C14H22N2. The SMILES string of the molecule is C[C@H]1[C@H](C)CN(Cc2ccccc2)C[C@@H]1N. The number of benzene rings is 1. The largest absolute Gasteiger partial charge is 0.326 e. The average molecular weight is 218 g/mol. The van der Waals surface area contributed by atoms with Crippen molar-refractivity contribution in [2.45, 2.75) is 26.4 Å². The maximum absolute atomic E-state index is 6.17. The molecule has 2 rings (SSSR count). The highest BCUT2D eigenvalue weighted by Crippen LogP contribution is 2.23. The molecular weight excluding hydrogens is 196 g/mol. The minimum absolute atomic E-state index is 0.326. The summed E-state index contributed by atoms with van der Waals surface area (Å²) in [5.41, 5.74) is 7.56. The smallest absolute Gasteiger partial charge is 0.0234 e. The van der Waals surface area contributed by atoms with Gasteiger partial charge in [-0.1, -0.05) is 44.2 Å². The predicted octanol–water partition coefficient (Wildman–Crippen LogP) is 2.10. The summed E-state index contributed by atoms with van der Waals surface area (Å²) >= 11 is 0. The summed E-state index contributed by atoms with van der Waals surface area (Å²) < 4.78 is 0. The van der Waals surface area contributed by atoms with Gasteiger partial charge < -0.3 is 5.73 Å². The van der Waals surface area contributed by atoms with Crippen LogP contribution in [-0.2, 0) is 6.54 Å². The fraction of sp³-hybridized carbons (Fsp3) is 0.571. The molecule has 1 aliphatic heterocycles. The Morgan fingerprint density at radius 3 is 2.50 bits per heavy atom. The number of rotatable bonds is 2. The van der Waals surface area contributed by atoms with Gasteiger partial charge in [-0.3, -0.25) is 4.90 Å². The molecule has 0 unspecified atom stereocenters. The zero-order valence-corrected chi connectivity index (χ0v) is 10.3. The standard InChI is InChI=1S/C14H22N2/c1-11-8-16(10-14(15)12(11)2)9-13-6-4-3-5-7-13/h3-7,11-12,14H,8-10,15H2,1-2H3/t11-,12+,14+/m1/s1. The number of piperidine rings is 1. The Balaban J connectivity index is 1.97. The molecule has 0 spiro atoms.